The second-order valence-electron chi connectivity index (χ2n) is 9.79. The van der Waals surface area contributed by atoms with E-state index in [4.69, 9.17) is 33.3 Å². The van der Waals surface area contributed by atoms with Crippen molar-refractivity contribution in [3.05, 3.63) is 97.1 Å². The van der Waals surface area contributed by atoms with Crippen LogP contribution in [0.15, 0.2) is 97.1 Å². The van der Waals surface area contributed by atoms with Gasteiger partial charge >= 0.3 is 26.4 Å². The summed E-state index contributed by atoms with van der Waals surface area (Å²) in [7, 11) is 0. The van der Waals surface area contributed by atoms with Crippen LogP contribution in [0.3, 0.4) is 0 Å². The summed E-state index contributed by atoms with van der Waals surface area (Å²) in [5.41, 5.74) is 6.45. The van der Waals surface area contributed by atoms with Crippen LogP contribution in [0.5, 0.6) is 0 Å². The first-order valence-electron chi connectivity index (χ1n) is 13.3. The van der Waals surface area contributed by atoms with E-state index in [0.29, 0.717) is 68.8 Å². The number of aromatic amines is 2. The van der Waals surface area contributed by atoms with Gasteiger partial charge in [-0.25, -0.2) is 29.9 Å². The number of rotatable bonds is 0. The summed E-state index contributed by atoms with van der Waals surface area (Å²) >= 11 is 0.350. The molecule has 0 atom stereocenters. The van der Waals surface area contributed by atoms with Gasteiger partial charge in [0.15, 0.2) is 23.3 Å². The SMILES string of the molecule is [OH][SnH].c1ccc2c(c1)-c1nc-2nc2[nH]c(nc3nc(nc4[nH]c(n1)c1ccccc41)-c1ccccc1-3)c1ccccc21. The second kappa shape index (κ2) is 9.82. The second-order valence-corrected chi connectivity index (χ2v) is 9.79. The minimum atomic E-state index is 0.350. The monoisotopic (exact) mass is 652 g/mol. The molecule has 2 aliphatic heterocycles. The molecule has 0 spiro atoms. The Morgan fingerprint density at radius 2 is 0.595 bits per heavy atom. The van der Waals surface area contributed by atoms with Crippen LogP contribution in [0.4, 0.5) is 0 Å². The predicted molar refractivity (Wildman–Crippen MR) is 165 cm³/mol. The Morgan fingerprint density at radius 1 is 0.357 bits per heavy atom. The molecule has 3 aromatic heterocycles. The van der Waals surface area contributed by atoms with Gasteiger partial charge in [-0.3, -0.25) is 0 Å². The molecule has 9 rings (SSSR count). The fourth-order valence-corrected chi connectivity index (χ4v) is 5.59. The number of benzene rings is 4. The smallest absolute Gasteiger partial charge is 0.164 e. The van der Waals surface area contributed by atoms with Crippen molar-refractivity contribution in [1.29, 1.82) is 0 Å². The van der Waals surface area contributed by atoms with Gasteiger partial charge in [0, 0.05) is 43.8 Å². The molecule has 2 radical (unpaired) electrons. The van der Waals surface area contributed by atoms with Crippen LogP contribution in [-0.4, -0.2) is 66.3 Å². The molecule has 3 N–H and O–H groups in total. The van der Waals surface area contributed by atoms with Crippen LogP contribution < -0.4 is 0 Å². The predicted octanol–water partition coefficient (Wildman–Crippen LogP) is 5.66. The van der Waals surface area contributed by atoms with Crippen LogP contribution in [-0.2, 0) is 0 Å². The molecule has 2 aliphatic rings. The van der Waals surface area contributed by atoms with Gasteiger partial charge in [-0.05, 0) is 0 Å². The largest absolute Gasteiger partial charge is 0.324 e. The third-order valence-electron chi connectivity index (χ3n) is 7.46. The number of fused-ring (bicyclic) bond motifs is 20. The van der Waals surface area contributed by atoms with E-state index in [-0.39, 0.29) is 0 Å². The number of nitrogens with zero attached hydrogens (tertiary/aromatic N) is 6. The summed E-state index contributed by atoms with van der Waals surface area (Å²) in [4.78, 5) is 36.8. The van der Waals surface area contributed by atoms with E-state index in [0.717, 1.165) is 43.8 Å². The molecule has 10 heteroatoms. The number of nitrogens with one attached hydrogen (secondary N) is 2. The Labute approximate surface area is 252 Å². The maximum Gasteiger partial charge on any atom is 0.164 e. The van der Waals surface area contributed by atoms with Gasteiger partial charge in [0.1, 0.15) is 22.6 Å². The van der Waals surface area contributed by atoms with Crippen molar-refractivity contribution in [3.8, 4) is 45.6 Å². The van der Waals surface area contributed by atoms with E-state index in [2.05, 4.69) is 9.97 Å². The zero-order valence-electron chi connectivity index (χ0n) is 21.9. The third kappa shape index (κ3) is 3.81. The average Bonchev–Trinajstić information content (AvgIpc) is 3.78. The third-order valence-corrected chi connectivity index (χ3v) is 7.46. The van der Waals surface area contributed by atoms with Gasteiger partial charge in [0.25, 0.3) is 0 Å². The van der Waals surface area contributed by atoms with Crippen molar-refractivity contribution in [2.24, 2.45) is 0 Å². The first kappa shape index (κ1) is 24.8. The minimum absolute atomic E-state index is 0.350. The van der Waals surface area contributed by atoms with E-state index in [9.17, 15) is 0 Å². The van der Waals surface area contributed by atoms with Crippen LogP contribution in [0.1, 0.15) is 0 Å². The fraction of sp³-hybridized carbons (Fsp3) is 0. The summed E-state index contributed by atoms with van der Waals surface area (Å²) in [6.45, 7) is 0. The van der Waals surface area contributed by atoms with Crippen LogP contribution in [0, 0.1) is 0 Å². The van der Waals surface area contributed by atoms with Crippen molar-refractivity contribution < 1.29 is 3.44 Å². The molecule has 0 aliphatic carbocycles. The Bertz CT molecular complexity index is 2040. The van der Waals surface area contributed by atoms with Crippen LogP contribution in [0.25, 0.3) is 89.7 Å². The van der Waals surface area contributed by atoms with Gasteiger partial charge in [-0.2, -0.15) is 0 Å². The zero-order valence-corrected chi connectivity index (χ0v) is 25.2. The Morgan fingerprint density at radius 3 is 0.857 bits per heavy atom. The Balaban J connectivity index is 0.00000131. The molecule has 5 heterocycles. The molecule has 7 aromatic rings. The van der Waals surface area contributed by atoms with Crippen LogP contribution in [0.2, 0.25) is 0 Å². The topological polar surface area (TPSA) is 129 Å². The van der Waals surface area contributed by atoms with Gasteiger partial charge in [0.2, 0.25) is 0 Å². The zero-order chi connectivity index (χ0) is 28.2. The quantitative estimate of drug-likeness (QED) is 0.181. The van der Waals surface area contributed by atoms with E-state index in [1.807, 2.05) is 97.1 Å². The summed E-state index contributed by atoms with van der Waals surface area (Å²) in [6.07, 6.45) is 0. The molecule has 0 saturated carbocycles. The van der Waals surface area contributed by atoms with E-state index < -0.39 is 0 Å². The Kier molecular flexibility index (Phi) is 5.79. The first-order chi connectivity index (χ1) is 20.8. The molecule has 198 valence electrons. The number of aromatic nitrogens is 8. The van der Waals surface area contributed by atoms with Gasteiger partial charge in [0.05, 0.1) is 0 Å². The van der Waals surface area contributed by atoms with Crippen molar-refractivity contribution in [1.82, 2.24) is 39.9 Å². The van der Waals surface area contributed by atoms with Crippen LogP contribution >= 0.6 is 0 Å². The molecule has 8 bridgehead atoms. The molecular formula is C32H20N8OSn. The molecule has 42 heavy (non-hydrogen) atoms. The maximum absolute atomic E-state index is 7.13. The molecule has 0 fully saturated rings. The molecule has 0 unspecified atom stereocenters. The summed E-state index contributed by atoms with van der Waals surface area (Å²) in [6, 6.07) is 32.2. The summed E-state index contributed by atoms with van der Waals surface area (Å²) in [5.74, 6) is 2.39. The van der Waals surface area contributed by atoms with Crippen molar-refractivity contribution in [2.75, 3.05) is 0 Å². The van der Waals surface area contributed by atoms with E-state index >= 15 is 0 Å². The van der Waals surface area contributed by atoms with Gasteiger partial charge < -0.3 is 9.97 Å². The van der Waals surface area contributed by atoms with Gasteiger partial charge in [-0.1, -0.05) is 97.1 Å². The van der Waals surface area contributed by atoms with Crippen molar-refractivity contribution in [3.63, 3.8) is 0 Å². The molecule has 0 saturated heterocycles. The molecule has 4 aromatic carbocycles. The number of H-pyrrole nitrogens is 2. The molecule has 0 amide bonds. The van der Waals surface area contributed by atoms with Crippen molar-refractivity contribution in [2.45, 2.75) is 0 Å². The fourth-order valence-electron chi connectivity index (χ4n) is 5.59. The Hall–Kier alpha value is -5.00. The number of hydrogen-bond donors (Lipinski definition) is 3. The number of hydrogen-bond acceptors (Lipinski definition) is 7. The molecular weight excluding hydrogens is 631 g/mol. The van der Waals surface area contributed by atoms with Gasteiger partial charge in [-0.15, -0.1) is 0 Å². The summed E-state index contributed by atoms with van der Waals surface area (Å²) < 4.78 is 7.13. The first-order valence-corrected chi connectivity index (χ1v) is 14.7. The minimum Gasteiger partial charge on any atom is -0.324 e. The summed E-state index contributed by atoms with van der Waals surface area (Å²) in [5, 5.41) is 3.82. The van der Waals surface area contributed by atoms with E-state index in [1.54, 1.807) is 0 Å². The van der Waals surface area contributed by atoms with E-state index in [1.165, 1.54) is 0 Å². The maximum atomic E-state index is 7.13. The normalized spacial score (nSPS) is 11.6. The standard InChI is InChI=1S/C32H18N8.H2O.Sn.H/c1-2-10-18-17(9-1)25-33-26(18)38-28-21-13-5-6-14-22(21)30(35-28)40-32-24-16-8-7-15-23(24)31(36-32)39-29-20-12-4-3-11-19(20)27(34-29)37-25;;;/h1-16H,(H2,33,34,35,36,37,38,39,40);1H2;;/q;;+1;/p-1. The molecule has 9 nitrogen and oxygen atoms in total. The van der Waals surface area contributed by atoms with Crippen molar-refractivity contribution >= 4 is 67.1 Å². The average molecular weight is 651 g/mol.